The van der Waals surface area contributed by atoms with Crippen LogP contribution in [0.15, 0.2) is 36.4 Å². The zero-order valence-electron chi connectivity index (χ0n) is 12.3. The Morgan fingerprint density at radius 3 is 2.59 bits per heavy atom. The largest absolute Gasteiger partial charge is 0.468 e. The highest BCUT2D eigenvalue weighted by atomic mass is 35.5. The molecule has 1 aromatic heterocycles. The van der Waals surface area contributed by atoms with Crippen molar-refractivity contribution in [1.82, 2.24) is 4.90 Å². The second-order valence-corrected chi connectivity index (χ2v) is 6.37. The van der Waals surface area contributed by atoms with Gasteiger partial charge in [-0.2, -0.15) is 0 Å². The number of urea groups is 1. The molecule has 0 unspecified atom stereocenters. The van der Waals surface area contributed by atoms with Crippen LogP contribution in [-0.4, -0.2) is 31.9 Å². The van der Waals surface area contributed by atoms with Crippen LogP contribution < -0.4 is 10.1 Å². The van der Waals surface area contributed by atoms with Gasteiger partial charge >= 0.3 is 6.03 Å². The van der Waals surface area contributed by atoms with Crippen molar-refractivity contribution < 1.29 is 14.3 Å². The molecule has 2 aromatic rings. The van der Waals surface area contributed by atoms with Crippen molar-refractivity contribution in [3.63, 3.8) is 0 Å². The van der Waals surface area contributed by atoms with E-state index in [1.54, 1.807) is 43.3 Å². The van der Waals surface area contributed by atoms with Gasteiger partial charge < -0.3 is 19.7 Å². The van der Waals surface area contributed by atoms with Crippen molar-refractivity contribution in [2.75, 3.05) is 26.3 Å². The van der Waals surface area contributed by atoms with Crippen LogP contribution in [0, 0.1) is 0 Å². The van der Waals surface area contributed by atoms with Crippen LogP contribution in [0.1, 0.15) is 4.88 Å². The van der Waals surface area contributed by atoms with Crippen molar-refractivity contribution in [2.45, 2.75) is 6.54 Å². The molecular formula is C15H17ClN2O3S. The summed E-state index contributed by atoms with van der Waals surface area (Å²) < 4.78 is 10.8. The number of methoxy groups -OCH3 is 1. The molecule has 0 spiro atoms. The summed E-state index contributed by atoms with van der Waals surface area (Å²) in [4.78, 5) is 14.7. The van der Waals surface area contributed by atoms with Gasteiger partial charge in [0.15, 0.2) is 6.79 Å². The second kappa shape index (κ2) is 8.03. The lowest BCUT2D eigenvalue weighted by Crippen LogP contribution is -2.30. The van der Waals surface area contributed by atoms with Gasteiger partial charge in [0, 0.05) is 24.7 Å². The number of hydrogen-bond donors (Lipinski definition) is 1. The van der Waals surface area contributed by atoms with Crippen LogP contribution >= 0.6 is 22.9 Å². The van der Waals surface area contributed by atoms with E-state index in [1.165, 1.54) is 11.3 Å². The normalized spacial score (nSPS) is 10.3. The summed E-state index contributed by atoms with van der Waals surface area (Å²) in [6.45, 7) is 0.704. The van der Waals surface area contributed by atoms with E-state index in [-0.39, 0.29) is 12.8 Å². The number of carbonyl (C=O) groups excluding carboxylic acids is 1. The highest BCUT2D eigenvalue weighted by molar-refractivity contribution is 7.16. The number of nitrogens with one attached hydrogen (secondary N) is 1. The van der Waals surface area contributed by atoms with E-state index in [1.807, 2.05) is 12.1 Å². The van der Waals surface area contributed by atoms with Crippen molar-refractivity contribution in [2.24, 2.45) is 0 Å². The van der Waals surface area contributed by atoms with E-state index >= 15 is 0 Å². The number of anilines is 1. The molecule has 0 radical (unpaired) electrons. The zero-order valence-corrected chi connectivity index (χ0v) is 13.9. The van der Waals surface area contributed by atoms with Gasteiger partial charge in [0.1, 0.15) is 5.75 Å². The number of hydrogen-bond acceptors (Lipinski definition) is 4. The minimum Gasteiger partial charge on any atom is -0.468 e. The summed E-state index contributed by atoms with van der Waals surface area (Å²) in [5.41, 5.74) is 0.700. The SMILES string of the molecule is COCOc1ccc(NC(=O)N(C)Cc2ccc(Cl)s2)cc1. The molecule has 1 heterocycles. The third-order valence-corrected chi connectivity index (χ3v) is 4.03. The molecular weight excluding hydrogens is 324 g/mol. The fourth-order valence-corrected chi connectivity index (χ4v) is 2.86. The van der Waals surface area contributed by atoms with E-state index in [4.69, 9.17) is 21.1 Å². The fourth-order valence-electron chi connectivity index (χ4n) is 1.72. The Bertz CT molecular complexity index is 616. The lowest BCUT2D eigenvalue weighted by molar-refractivity contribution is 0.0511. The molecule has 1 N–H and O–H groups in total. The average Bonchev–Trinajstić information content (AvgIpc) is 2.91. The smallest absolute Gasteiger partial charge is 0.321 e. The molecule has 0 saturated heterocycles. The first kappa shape index (κ1) is 16.6. The van der Waals surface area contributed by atoms with Crippen molar-refractivity contribution in [3.8, 4) is 5.75 Å². The maximum atomic E-state index is 12.1. The van der Waals surface area contributed by atoms with Crippen molar-refractivity contribution >= 4 is 34.7 Å². The summed E-state index contributed by atoms with van der Waals surface area (Å²) in [7, 11) is 3.30. The standard InChI is InChI=1S/C15H17ClN2O3S/c1-18(9-13-7-8-14(16)22-13)15(19)17-11-3-5-12(6-4-11)21-10-20-2/h3-8H,9-10H2,1-2H3,(H,17,19). The maximum Gasteiger partial charge on any atom is 0.321 e. The summed E-state index contributed by atoms with van der Waals surface area (Å²) in [6.07, 6.45) is 0. The molecule has 118 valence electrons. The van der Waals surface area contributed by atoms with Crippen LogP contribution in [0.25, 0.3) is 0 Å². The summed E-state index contributed by atoms with van der Waals surface area (Å²) in [5.74, 6) is 0.682. The number of halogens is 1. The Morgan fingerprint density at radius 1 is 1.27 bits per heavy atom. The quantitative estimate of drug-likeness (QED) is 0.807. The van der Waals surface area contributed by atoms with E-state index < -0.39 is 0 Å². The number of nitrogens with zero attached hydrogens (tertiary/aromatic N) is 1. The Labute approximate surface area is 138 Å². The first-order valence-corrected chi connectivity index (χ1v) is 7.76. The summed E-state index contributed by atoms with van der Waals surface area (Å²) in [5, 5.41) is 2.82. The Kier molecular flexibility index (Phi) is 6.06. The molecule has 0 aliphatic heterocycles. The van der Waals surface area contributed by atoms with Crippen LogP contribution in [0.2, 0.25) is 4.34 Å². The number of benzene rings is 1. The molecule has 0 aliphatic rings. The van der Waals surface area contributed by atoms with Crippen molar-refractivity contribution in [1.29, 1.82) is 0 Å². The zero-order chi connectivity index (χ0) is 15.9. The monoisotopic (exact) mass is 340 g/mol. The van der Waals surface area contributed by atoms with Crippen LogP contribution in [0.4, 0.5) is 10.5 Å². The number of thiophene rings is 1. The van der Waals surface area contributed by atoms with Gasteiger partial charge in [-0.25, -0.2) is 4.79 Å². The highest BCUT2D eigenvalue weighted by Crippen LogP contribution is 2.22. The van der Waals surface area contributed by atoms with Gasteiger partial charge in [-0.15, -0.1) is 11.3 Å². The van der Waals surface area contributed by atoms with E-state index in [9.17, 15) is 4.79 Å². The van der Waals surface area contributed by atoms with Gasteiger partial charge in [0.2, 0.25) is 0 Å². The predicted molar refractivity (Wildman–Crippen MR) is 88.8 cm³/mol. The molecule has 0 fully saturated rings. The Morgan fingerprint density at radius 2 is 2.00 bits per heavy atom. The third kappa shape index (κ3) is 4.91. The van der Waals surface area contributed by atoms with E-state index in [0.717, 1.165) is 9.21 Å². The van der Waals surface area contributed by atoms with E-state index in [2.05, 4.69) is 5.32 Å². The van der Waals surface area contributed by atoms with Gasteiger partial charge in [0.25, 0.3) is 0 Å². The molecule has 1 aromatic carbocycles. The lowest BCUT2D eigenvalue weighted by atomic mass is 10.3. The molecule has 5 nitrogen and oxygen atoms in total. The lowest BCUT2D eigenvalue weighted by Gasteiger charge is -2.17. The first-order chi connectivity index (χ1) is 10.6. The second-order valence-electron chi connectivity index (χ2n) is 4.57. The van der Waals surface area contributed by atoms with Gasteiger partial charge in [-0.3, -0.25) is 0 Å². The molecule has 2 rings (SSSR count). The molecule has 0 atom stereocenters. The number of amides is 2. The third-order valence-electron chi connectivity index (χ3n) is 2.82. The molecule has 0 bridgehead atoms. The molecule has 0 saturated carbocycles. The predicted octanol–water partition coefficient (Wildman–Crippen LogP) is 4.05. The van der Waals surface area contributed by atoms with Crippen molar-refractivity contribution in [3.05, 3.63) is 45.6 Å². The van der Waals surface area contributed by atoms with E-state index in [0.29, 0.717) is 18.0 Å². The average molecular weight is 341 g/mol. The molecule has 0 aliphatic carbocycles. The highest BCUT2D eigenvalue weighted by Gasteiger charge is 2.10. The van der Waals surface area contributed by atoms with Crippen LogP contribution in [-0.2, 0) is 11.3 Å². The number of carbonyl (C=O) groups is 1. The maximum absolute atomic E-state index is 12.1. The van der Waals surface area contributed by atoms with Gasteiger partial charge in [0.05, 0.1) is 10.9 Å². The van der Waals surface area contributed by atoms with Gasteiger partial charge in [-0.1, -0.05) is 11.6 Å². The number of rotatable bonds is 6. The molecule has 22 heavy (non-hydrogen) atoms. The topological polar surface area (TPSA) is 50.8 Å². The minimum absolute atomic E-state index is 0.185. The number of ether oxygens (including phenoxy) is 2. The van der Waals surface area contributed by atoms with Crippen LogP contribution in [0.3, 0.4) is 0 Å². The first-order valence-electron chi connectivity index (χ1n) is 6.56. The van der Waals surface area contributed by atoms with Gasteiger partial charge in [-0.05, 0) is 36.4 Å². The fraction of sp³-hybridized carbons (Fsp3) is 0.267. The molecule has 2 amide bonds. The Hall–Kier alpha value is -1.76. The van der Waals surface area contributed by atoms with Crippen LogP contribution in [0.5, 0.6) is 5.75 Å². The summed E-state index contributed by atoms with van der Waals surface area (Å²) >= 11 is 7.35. The summed E-state index contributed by atoms with van der Waals surface area (Å²) in [6, 6.07) is 10.7. The molecule has 7 heteroatoms. The Balaban J connectivity index is 1.87. The minimum atomic E-state index is -0.185.